The van der Waals surface area contributed by atoms with Crippen LogP contribution in [0.3, 0.4) is 0 Å². The van der Waals surface area contributed by atoms with Gasteiger partial charge in [0, 0.05) is 29.7 Å². The Morgan fingerprint density at radius 1 is 1.27 bits per heavy atom. The summed E-state index contributed by atoms with van der Waals surface area (Å²) >= 11 is 0. The Morgan fingerprint density at radius 3 is 2.60 bits per heavy atom. The zero-order chi connectivity index (χ0) is 22.0. The van der Waals surface area contributed by atoms with Crippen molar-refractivity contribution in [3.05, 3.63) is 41.3 Å². The van der Waals surface area contributed by atoms with Gasteiger partial charge in [-0.05, 0) is 51.5 Å². The summed E-state index contributed by atoms with van der Waals surface area (Å²) in [6, 6.07) is 6.44. The van der Waals surface area contributed by atoms with Crippen LogP contribution in [0, 0.1) is 12.7 Å². The van der Waals surface area contributed by atoms with Crippen molar-refractivity contribution in [3.8, 4) is 0 Å². The van der Waals surface area contributed by atoms with Gasteiger partial charge in [-0.1, -0.05) is 6.92 Å². The molecule has 9 heteroatoms. The molecule has 0 saturated carbocycles. The van der Waals surface area contributed by atoms with Crippen molar-refractivity contribution in [2.75, 3.05) is 10.6 Å². The average Bonchev–Trinajstić information content (AvgIpc) is 3.02. The molecule has 0 aliphatic carbocycles. The number of hydrogen-bond donors (Lipinski definition) is 4. The van der Waals surface area contributed by atoms with Crippen LogP contribution in [-0.4, -0.2) is 32.8 Å². The van der Waals surface area contributed by atoms with Crippen molar-refractivity contribution >= 4 is 34.1 Å². The Bertz CT molecular complexity index is 1080. The van der Waals surface area contributed by atoms with Gasteiger partial charge in [-0.2, -0.15) is 5.10 Å². The molecule has 3 rings (SSSR count). The van der Waals surface area contributed by atoms with Gasteiger partial charge in [0.15, 0.2) is 11.6 Å². The molecule has 30 heavy (non-hydrogen) atoms. The number of carbonyl (C=O) groups is 1. The van der Waals surface area contributed by atoms with Gasteiger partial charge in [0.25, 0.3) is 5.91 Å². The second-order valence-electron chi connectivity index (χ2n) is 7.36. The van der Waals surface area contributed by atoms with Crippen molar-refractivity contribution < 1.29 is 9.18 Å². The van der Waals surface area contributed by atoms with Crippen LogP contribution in [-0.2, 0) is 6.54 Å². The van der Waals surface area contributed by atoms with Crippen molar-refractivity contribution in [3.63, 3.8) is 0 Å². The number of aromatic nitrogens is 3. The molecule has 3 aromatic rings. The van der Waals surface area contributed by atoms with E-state index in [0.29, 0.717) is 12.1 Å². The molecule has 0 spiro atoms. The van der Waals surface area contributed by atoms with Gasteiger partial charge < -0.3 is 22.1 Å². The maximum absolute atomic E-state index is 14.6. The number of fused-ring (bicyclic) bond motifs is 1. The molecule has 1 amide bonds. The molecule has 0 aliphatic rings. The van der Waals surface area contributed by atoms with E-state index in [1.165, 1.54) is 0 Å². The number of rotatable bonds is 8. The molecule has 2 atom stereocenters. The molecule has 1 aromatic carbocycles. The number of aryl methyl sites for hydroxylation is 2. The third kappa shape index (κ3) is 4.20. The van der Waals surface area contributed by atoms with Gasteiger partial charge in [0.1, 0.15) is 5.82 Å². The van der Waals surface area contributed by atoms with Crippen LogP contribution in [0.2, 0.25) is 0 Å². The van der Waals surface area contributed by atoms with Crippen molar-refractivity contribution in [1.82, 2.24) is 14.8 Å². The van der Waals surface area contributed by atoms with Gasteiger partial charge in [-0.3, -0.25) is 9.48 Å². The third-order valence-corrected chi connectivity index (χ3v) is 5.14. The van der Waals surface area contributed by atoms with E-state index in [0.717, 1.165) is 29.2 Å². The van der Waals surface area contributed by atoms with Crippen LogP contribution in [0.1, 0.15) is 43.2 Å². The minimum Gasteiger partial charge on any atom is -0.365 e. The summed E-state index contributed by atoms with van der Waals surface area (Å²) < 4.78 is 16.5. The molecule has 8 nitrogen and oxygen atoms in total. The predicted octanol–water partition coefficient (Wildman–Crippen LogP) is 3.28. The maximum Gasteiger partial charge on any atom is 0.252 e. The number of halogens is 1. The molecule has 0 radical (unpaired) electrons. The fourth-order valence-corrected chi connectivity index (χ4v) is 3.45. The van der Waals surface area contributed by atoms with Crippen molar-refractivity contribution in [2.45, 2.75) is 52.7 Å². The Kier molecular flexibility index (Phi) is 6.21. The summed E-state index contributed by atoms with van der Waals surface area (Å²) in [6.07, 6.45) is 0.691. The Labute approximate surface area is 174 Å². The molecule has 0 fully saturated rings. The lowest BCUT2D eigenvalue weighted by molar-refractivity contribution is 0.100. The first-order valence-corrected chi connectivity index (χ1v) is 10.0. The molecule has 2 heterocycles. The average molecular weight is 414 g/mol. The van der Waals surface area contributed by atoms with E-state index < -0.39 is 11.7 Å². The quantitative estimate of drug-likeness (QED) is 0.449. The van der Waals surface area contributed by atoms with Crippen molar-refractivity contribution in [1.29, 1.82) is 0 Å². The largest absolute Gasteiger partial charge is 0.365 e. The lowest BCUT2D eigenvalue weighted by Crippen LogP contribution is -2.38. The summed E-state index contributed by atoms with van der Waals surface area (Å²) in [5.74, 6) is -1.25. The molecule has 160 valence electrons. The zero-order valence-corrected chi connectivity index (χ0v) is 17.7. The normalized spacial score (nSPS) is 13.3. The Balaban J connectivity index is 2.01. The van der Waals surface area contributed by atoms with Gasteiger partial charge in [-0.15, -0.1) is 0 Å². The number of nitrogens with two attached hydrogens (primary N) is 2. The summed E-state index contributed by atoms with van der Waals surface area (Å²) in [5.41, 5.74) is 14.0. The fraction of sp³-hybridized carbons (Fsp3) is 0.381. The number of pyridine rings is 1. The number of anilines is 3. The first-order valence-electron chi connectivity index (χ1n) is 10.0. The highest BCUT2D eigenvalue weighted by Crippen LogP contribution is 2.28. The third-order valence-electron chi connectivity index (χ3n) is 5.14. The highest BCUT2D eigenvalue weighted by molar-refractivity contribution is 5.99. The molecule has 0 bridgehead atoms. The number of carbonyl (C=O) groups excluding carboxylic acids is 1. The summed E-state index contributed by atoms with van der Waals surface area (Å²) in [5, 5.41) is 11.6. The minimum atomic E-state index is -0.772. The number of hydrogen-bond acceptors (Lipinski definition) is 6. The van der Waals surface area contributed by atoms with Crippen LogP contribution >= 0.6 is 0 Å². The molecular weight excluding hydrogens is 385 g/mol. The van der Waals surface area contributed by atoms with Crippen LogP contribution in [0.15, 0.2) is 24.3 Å². The molecule has 0 aliphatic heterocycles. The lowest BCUT2D eigenvalue weighted by atomic mass is 10.1. The Morgan fingerprint density at radius 2 is 2.00 bits per heavy atom. The summed E-state index contributed by atoms with van der Waals surface area (Å²) in [7, 11) is 0. The van der Waals surface area contributed by atoms with E-state index in [1.54, 1.807) is 0 Å². The monoisotopic (exact) mass is 413 g/mol. The van der Waals surface area contributed by atoms with E-state index in [4.69, 9.17) is 11.5 Å². The summed E-state index contributed by atoms with van der Waals surface area (Å²) in [6.45, 7) is 8.51. The maximum atomic E-state index is 14.6. The fourth-order valence-electron chi connectivity index (χ4n) is 3.45. The number of benzene rings is 1. The van der Waals surface area contributed by atoms with Crippen LogP contribution in [0.25, 0.3) is 10.9 Å². The topological polar surface area (TPSA) is 124 Å². The Hall–Kier alpha value is -3.20. The SMILES string of the molecule is CC[C@@H](Nc1nc(Nc2ccc3c(c2)c(C)nn3CC)c(C(N)=O)cc1F)[C@H](C)N. The first-order chi connectivity index (χ1) is 14.2. The van der Waals surface area contributed by atoms with Gasteiger partial charge in [0.05, 0.1) is 16.8 Å². The number of nitrogens with one attached hydrogen (secondary N) is 2. The second kappa shape index (κ2) is 8.66. The van der Waals surface area contributed by atoms with Gasteiger partial charge in [0.2, 0.25) is 0 Å². The highest BCUT2D eigenvalue weighted by Gasteiger charge is 2.20. The zero-order valence-electron chi connectivity index (χ0n) is 17.7. The van der Waals surface area contributed by atoms with Crippen LogP contribution < -0.4 is 22.1 Å². The molecule has 0 saturated heterocycles. The van der Waals surface area contributed by atoms with E-state index in [1.807, 2.05) is 50.6 Å². The predicted molar refractivity (Wildman–Crippen MR) is 117 cm³/mol. The van der Waals surface area contributed by atoms with E-state index in [2.05, 4.69) is 20.7 Å². The van der Waals surface area contributed by atoms with E-state index in [-0.39, 0.29) is 29.3 Å². The second-order valence-corrected chi connectivity index (χ2v) is 7.36. The minimum absolute atomic E-state index is 0.0164. The van der Waals surface area contributed by atoms with Crippen LogP contribution in [0.4, 0.5) is 21.7 Å². The lowest BCUT2D eigenvalue weighted by Gasteiger charge is -2.22. The smallest absolute Gasteiger partial charge is 0.252 e. The van der Waals surface area contributed by atoms with Crippen molar-refractivity contribution in [2.24, 2.45) is 11.5 Å². The first kappa shape index (κ1) is 21.5. The summed E-state index contributed by atoms with van der Waals surface area (Å²) in [4.78, 5) is 16.2. The number of nitrogens with zero attached hydrogens (tertiary/aromatic N) is 3. The van der Waals surface area contributed by atoms with E-state index >= 15 is 0 Å². The van der Waals surface area contributed by atoms with Gasteiger partial charge in [-0.25, -0.2) is 9.37 Å². The van der Waals surface area contributed by atoms with E-state index in [9.17, 15) is 9.18 Å². The highest BCUT2D eigenvalue weighted by atomic mass is 19.1. The molecular formula is C21H28FN7O. The number of primary amides is 1. The standard InChI is InChI=1S/C21H28FN7O/c1-5-17(11(3)23)26-21-16(22)10-15(19(24)30)20(27-21)25-13-7-8-18-14(9-13)12(4)28-29(18)6-2/h7-11,17H,5-6,23H2,1-4H3,(H2,24,30)(H2,25,26,27)/t11-,17+/m0/s1. The molecule has 0 unspecified atom stereocenters. The molecule has 2 aromatic heterocycles. The van der Waals surface area contributed by atoms with Gasteiger partial charge >= 0.3 is 0 Å². The van der Waals surface area contributed by atoms with Crippen LogP contribution in [0.5, 0.6) is 0 Å². The molecule has 6 N–H and O–H groups in total. The number of amides is 1.